The topological polar surface area (TPSA) is 22.1 Å². The lowest BCUT2D eigenvalue weighted by atomic mass is 10.1. The smallest absolute Gasteiger partial charge is 0.306 e. The van der Waals surface area contributed by atoms with Crippen LogP contribution in [0.5, 0.6) is 5.75 Å². The molecule has 0 N–H and O–H groups in total. The summed E-state index contributed by atoms with van der Waals surface area (Å²) in [7, 11) is 0. The molecule has 0 aromatic carbocycles. The molecule has 16 heavy (non-hydrogen) atoms. The van der Waals surface area contributed by atoms with E-state index in [-0.39, 0.29) is 11.7 Å². The molecule has 1 aromatic heterocycles. The lowest BCUT2D eigenvalue weighted by Crippen LogP contribution is -2.35. The minimum atomic E-state index is -3.19. The lowest BCUT2D eigenvalue weighted by Gasteiger charge is -2.21. The third-order valence-electron chi connectivity index (χ3n) is 2.05. The van der Waals surface area contributed by atoms with Gasteiger partial charge in [0.25, 0.3) is 0 Å². The summed E-state index contributed by atoms with van der Waals surface area (Å²) < 4.78 is 42.3. The van der Waals surface area contributed by atoms with E-state index in [0.29, 0.717) is 12.6 Å². The van der Waals surface area contributed by atoms with Crippen molar-refractivity contribution >= 4 is 0 Å². The molecule has 1 atom stereocenters. The molecular formula is C11H14F3NO. The third-order valence-corrected chi connectivity index (χ3v) is 2.05. The fourth-order valence-electron chi connectivity index (χ4n) is 1.08. The van der Waals surface area contributed by atoms with E-state index in [1.54, 1.807) is 0 Å². The molecule has 0 aliphatic heterocycles. The maximum atomic E-state index is 13.2. The summed E-state index contributed by atoms with van der Waals surface area (Å²) in [5.41, 5.74) is 0.669. The Bertz CT molecular complexity index is 353. The summed E-state index contributed by atoms with van der Waals surface area (Å²) in [6.45, 7) is 4.49. The number of ether oxygens (including phenoxy) is 1. The number of aromatic nitrogens is 1. The van der Waals surface area contributed by atoms with Gasteiger partial charge in [0.1, 0.15) is 5.75 Å². The number of hydrogen-bond acceptors (Lipinski definition) is 2. The van der Waals surface area contributed by atoms with E-state index in [9.17, 15) is 13.2 Å². The van der Waals surface area contributed by atoms with Gasteiger partial charge in [0, 0.05) is 24.9 Å². The van der Waals surface area contributed by atoms with Crippen LogP contribution in [0.15, 0.2) is 18.3 Å². The van der Waals surface area contributed by atoms with Gasteiger partial charge in [0.05, 0.1) is 0 Å². The summed E-state index contributed by atoms with van der Waals surface area (Å²) >= 11 is 0. The minimum absolute atomic E-state index is 0.0593. The molecule has 0 saturated heterocycles. The van der Waals surface area contributed by atoms with Crippen LogP contribution in [-0.2, 0) is 0 Å². The molecule has 0 fully saturated rings. The molecule has 0 saturated carbocycles. The zero-order valence-corrected chi connectivity index (χ0v) is 9.38. The summed E-state index contributed by atoms with van der Waals surface area (Å²) in [6.07, 6.45) is -1.78. The van der Waals surface area contributed by atoms with Gasteiger partial charge in [-0.3, -0.25) is 4.98 Å². The Balaban J connectivity index is 2.86. The van der Waals surface area contributed by atoms with Gasteiger partial charge in [-0.15, -0.1) is 0 Å². The van der Waals surface area contributed by atoms with Crippen LogP contribution in [0.2, 0.25) is 0 Å². The predicted molar refractivity (Wildman–Crippen MR) is 54.5 cm³/mol. The highest BCUT2D eigenvalue weighted by atomic mass is 19.3. The van der Waals surface area contributed by atoms with Crippen molar-refractivity contribution in [1.82, 2.24) is 4.98 Å². The molecule has 1 rings (SSSR count). The van der Waals surface area contributed by atoms with Crippen molar-refractivity contribution in [2.45, 2.75) is 39.0 Å². The van der Waals surface area contributed by atoms with Gasteiger partial charge in [-0.1, -0.05) is 13.8 Å². The number of halogens is 3. The zero-order chi connectivity index (χ0) is 12.3. The van der Waals surface area contributed by atoms with Crippen molar-refractivity contribution < 1.29 is 17.9 Å². The van der Waals surface area contributed by atoms with Crippen molar-refractivity contribution in [2.75, 3.05) is 0 Å². The second kappa shape index (κ2) is 4.72. The SMILES string of the molecule is CC(C)c1cc(OC(C)(F)C(F)F)ccn1. The standard InChI is InChI=1S/C11H14F3NO/c1-7(2)9-6-8(4-5-15-9)16-11(3,14)10(12)13/h4-7,10H,1-3H3. The van der Waals surface area contributed by atoms with Gasteiger partial charge in [-0.05, 0) is 12.0 Å². The van der Waals surface area contributed by atoms with Crippen molar-refractivity contribution in [3.63, 3.8) is 0 Å². The molecule has 0 bridgehead atoms. The maximum Gasteiger partial charge on any atom is 0.306 e. The zero-order valence-electron chi connectivity index (χ0n) is 9.38. The average molecular weight is 233 g/mol. The van der Waals surface area contributed by atoms with Gasteiger partial charge in [-0.25, -0.2) is 8.78 Å². The Morgan fingerprint density at radius 3 is 2.50 bits per heavy atom. The fraction of sp³-hybridized carbons (Fsp3) is 0.545. The van der Waals surface area contributed by atoms with Crippen LogP contribution in [0.25, 0.3) is 0 Å². The van der Waals surface area contributed by atoms with Gasteiger partial charge >= 0.3 is 12.3 Å². The van der Waals surface area contributed by atoms with Gasteiger partial charge in [0.2, 0.25) is 0 Å². The first kappa shape index (κ1) is 12.8. The van der Waals surface area contributed by atoms with E-state index in [0.717, 1.165) is 0 Å². The van der Waals surface area contributed by atoms with Crippen molar-refractivity contribution in [1.29, 1.82) is 0 Å². The highest BCUT2D eigenvalue weighted by Crippen LogP contribution is 2.26. The normalized spacial score (nSPS) is 15.2. The molecule has 0 amide bonds. The Hall–Kier alpha value is -1.26. The second-order valence-electron chi connectivity index (χ2n) is 3.96. The van der Waals surface area contributed by atoms with Gasteiger partial charge < -0.3 is 4.74 Å². The molecule has 0 aliphatic carbocycles. The molecule has 5 heteroatoms. The Kier molecular flexibility index (Phi) is 3.78. The molecular weight excluding hydrogens is 219 g/mol. The molecule has 90 valence electrons. The van der Waals surface area contributed by atoms with Gasteiger partial charge in [0.15, 0.2) is 0 Å². The Labute approximate surface area is 92.5 Å². The first-order chi connectivity index (χ1) is 7.33. The van der Waals surface area contributed by atoms with E-state index >= 15 is 0 Å². The molecule has 1 heterocycles. The number of alkyl halides is 3. The van der Waals surface area contributed by atoms with Crippen LogP contribution in [0, 0.1) is 0 Å². The summed E-state index contributed by atoms with van der Waals surface area (Å²) in [5, 5.41) is 0. The number of nitrogens with zero attached hydrogens (tertiary/aromatic N) is 1. The van der Waals surface area contributed by atoms with Crippen molar-refractivity contribution in [3.05, 3.63) is 24.0 Å². The lowest BCUT2D eigenvalue weighted by molar-refractivity contribution is -0.152. The number of pyridine rings is 1. The van der Waals surface area contributed by atoms with Crippen LogP contribution >= 0.6 is 0 Å². The molecule has 0 aliphatic rings. The number of hydrogen-bond donors (Lipinski definition) is 0. The molecule has 1 unspecified atom stereocenters. The van der Waals surface area contributed by atoms with E-state index in [1.807, 2.05) is 13.8 Å². The van der Waals surface area contributed by atoms with Gasteiger partial charge in [-0.2, -0.15) is 4.39 Å². The Morgan fingerprint density at radius 1 is 1.38 bits per heavy atom. The van der Waals surface area contributed by atoms with Crippen molar-refractivity contribution in [3.8, 4) is 5.75 Å². The van der Waals surface area contributed by atoms with Crippen LogP contribution in [0.4, 0.5) is 13.2 Å². The number of rotatable bonds is 4. The second-order valence-corrected chi connectivity index (χ2v) is 3.96. The van der Waals surface area contributed by atoms with E-state index in [2.05, 4.69) is 9.72 Å². The molecule has 2 nitrogen and oxygen atoms in total. The summed E-state index contributed by atoms with van der Waals surface area (Å²) in [5.74, 6) is -2.79. The van der Waals surface area contributed by atoms with E-state index in [4.69, 9.17) is 0 Å². The van der Waals surface area contributed by atoms with E-state index < -0.39 is 12.3 Å². The molecule has 0 radical (unpaired) electrons. The van der Waals surface area contributed by atoms with E-state index in [1.165, 1.54) is 18.3 Å². The van der Waals surface area contributed by atoms with Crippen LogP contribution < -0.4 is 4.74 Å². The highest BCUT2D eigenvalue weighted by Gasteiger charge is 2.37. The third kappa shape index (κ3) is 3.12. The minimum Gasteiger partial charge on any atom is -0.452 e. The average Bonchev–Trinajstić information content (AvgIpc) is 2.17. The van der Waals surface area contributed by atoms with Crippen LogP contribution in [0.3, 0.4) is 0 Å². The summed E-state index contributed by atoms with van der Waals surface area (Å²) in [6, 6.07) is 2.82. The first-order valence-corrected chi connectivity index (χ1v) is 4.95. The first-order valence-electron chi connectivity index (χ1n) is 4.95. The van der Waals surface area contributed by atoms with Crippen LogP contribution in [0.1, 0.15) is 32.4 Å². The highest BCUT2D eigenvalue weighted by molar-refractivity contribution is 5.24. The monoisotopic (exact) mass is 233 g/mol. The predicted octanol–water partition coefficient (Wildman–Crippen LogP) is 3.53. The van der Waals surface area contributed by atoms with Crippen molar-refractivity contribution in [2.24, 2.45) is 0 Å². The summed E-state index contributed by atoms with van der Waals surface area (Å²) in [4.78, 5) is 4.02. The molecule has 1 aromatic rings. The quantitative estimate of drug-likeness (QED) is 0.793. The van der Waals surface area contributed by atoms with Crippen LogP contribution in [-0.4, -0.2) is 17.3 Å². The maximum absolute atomic E-state index is 13.2. The molecule has 0 spiro atoms. The largest absolute Gasteiger partial charge is 0.452 e. The fourth-order valence-corrected chi connectivity index (χ4v) is 1.08. The Morgan fingerprint density at radius 2 is 2.00 bits per heavy atom.